The summed E-state index contributed by atoms with van der Waals surface area (Å²) >= 11 is 8.45. The summed E-state index contributed by atoms with van der Waals surface area (Å²) in [5, 5.41) is 2.58. The van der Waals surface area contributed by atoms with Gasteiger partial charge in [0.05, 0.1) is 4.47 Å². The van der Waals surface area contributed by atoms with Crippen LogP contribution < -0.4 is 10.1 Å². The van der Waals surface area contributed by atoms with Gasteiger partial charge in [0, 0.05) is 18.0 Å². The van der Waals surface area contributed by atoms with Crippen LogP contribution >= 0.6 is 27.5 Å². The summed E-state index contributed by atoms with van der Waals surface area (Å²) < 4.78 is 40.1. The molecule has 0 spiro atoms. The number of amides is 1. The number of anilines is 1. The van der Waals surface area contributed by atoms with Gasteiger partial charge in [-0.25, -0.2) is 0 Å². The highest BCUT2D eigenvalue weighted by atomic mass is 79.9. The van der Waals surface area contributed by atoms with Crippen LogP contribution in [0.15, 0.2) is 22.7 Å². The van der Waals surface area contributed by atoms with Gasteiger partial charge in [-0.1, -0.05) is 0 Å². The molecule has 0 unspecified atom stereocenters. The number of hydrogen-bond donors (Lipinski definition) is 1. The first-order valence-electron chi connectivity index (χ1n) is 5.73. The molecule has 0 aliphatic rings. The molecule has 0 bridgehead atoms. The predicted molar refractivity (Wildman–Crippen MR) is 74.0 cm³/mol. The molecular formula is C12H12BrClF3NO2. The summed E-state index contributed by atoms with van der Waals surface area (Å²) in [7, 11) is 0. The molecule has 1 N–H and O–H groups in total. The number of nitrogens with one attached hydrogen (secondary N) is 1. The van der Waals surface area contributed by atoms with E-state index in [9.17, 15) is 18.0 Å². The first-order valence-corrected chi connectivity index (χ1v) is 7.05. The molecule has 0 radical (unpaired) electrons. The zero-order valence-corrected chi connectivity index (χ0v) is 12.6. The number of carbonyl (C=O) groups is 1. The summed E-state index contributed by atoms with van der Waals surface area (Å²) in [6, 6.07) is 3.82. The van der Waals surface area contributed by atoms with Crippen LogP contribution in [0.3, 0.4) is 0 Å². The van der Waals surface area contributed by atoms with Crippen molar-refractivity contribution in [1.29, 1.82) is 0 Å². The molecule has 1 aromatic rings. The zero-order valence-electron chi connectivity index (χ0n) is 10.3. The number of benzene rings is 1. The third kappa shape index (κ3) is 6.47. The fraction of sp³-hybridized carbons (Fsp3) is 0.417. The van der Waals surface area contributed by atoms with Gasteiger partial charge in [-0.05, 0) is 47.0 Å². The Morgan fingerprint density at radius 2 is 2.05 bits per heavy atom. The number of unbranched alkanes of at least 4 members (excludes halogenated alkanes) is 1. The maximum Gasteiger partial charge on any atom is 0.573 e. The summed E-state index contributed by atoms with van der Waals surface area (Å²) in [5.41, 5.74) is 0.391. The maximum absolute atomic E-state index is 12.1. The van der Waals surface area contributed by atoms with E-state index in [1.165, 1.54) is 12.1 Å². The molecule has 20 heavy (non-hydrogen) atoms. The zero-order chi connectivity index (χ0) is 15.2. The van der Waals surface area contributed by atoms with Crippen molar-refractivity contribution in [3.8, 4) is 5.75 Å². The van der Waals surface area contributed by atoms with Gasteiger partial charge in [0.25, 0.3) is 0 Å². The first-order chi connectivity index (χ1) is 9.31. The van der Waals surface area contributed by atoms with Crippen molar-refractivity contribution < 1.29 is 22.7 Å². The van der Waals surface area contributed by atoms with E-state index in [4.69, 9.17) is 11.6 Å². The Labute approximate surface area is 127 Å². The van der Waals surface area contributed by atoms with Crippen molar-refractivity contribution in [3.05, 3.63) is 22.7 Å². The maximum atomic E-state index is 12.1. The summed E-state index contributed by atoms with van der Waals surface area (Å²) in [4.78, 5) is 11.5. The molecule has 3 nitrogen and oxygen atoms in total. The second-order valence-corrected chi connectivity index (χ2v) is 5.12. The Bertz CT molecular complexity index is 469. The Morgan fingerprint density at radius 3 is 2.60 bits per heavy atom. The van der Waals surface area contributed by atoms with Gasteiger partial charge in [0.2, 0.25) is 5.91 Å². The second kappa shape index (κ2) is 7.73. The monoisotopic (exact) mass is 373 g/mol. The molecule has 0 aliphatic heterocycles. The van der Waals surface area contributed by atoms with E-state index in [2.05, 4.69) is 26.0 Å². The molecule has 0 aliphatic carbocycles. The van der Waals surface area contributed by atoms with Gasteiger partial charge >= 0.3 is 6.36 Å². The normalized spacial score (nSPS) is 11.2. The number of hydrogen-bond acceptors (Lipinski definition) is 2. The molecule has 0 atom stereocenters. The van der Waals surface area contributed by atoms with E-state index >= 15 is 0 Å². The minimum Gasteiger partial charge on any atom is -0.405 e. The standard InChI is InChI=1S/C12H12BrClF3NO2/c13-9-7-8(18-11(19)3-1-2-6-14)4-5-10(9)20-12(15,16)17/h4-5,7H,1-3,6H2,(H,18,19). The molecule has 1 rings (SSSR count). The van der Waals surface area contributed by atoms with E-state index in [1.807, 2.05) is 0 Å². The molecule has 112 valence electrons. The number of alkyl halides is 4. The molecule has 0 fully saturated rings. The van der Waals surface area contributed by atoms with E-state index in [-0.39, 0.29) is 16.1 Å². The highest BCUT2D eigenvalue weighted by molar-refractivity contribution is 9.10. The lowest BCUT2D eigenvalue weighted by molar-refractivity contribution is -0.274. The molecule has 0 saturated carbocycles. The van der Waals surface area contributed by atoms with Crippen molar-refractivity contribution >= 4 is 39.1 Å². The van der Waals surface area contributed by atoms with Gasteiger partial charge < -0.3 is 10.1 Å². The lowest BCUT2D eigenvalue weighted by Crippen LogP contribution is -2.17. The predicted octanol–water partition coefficient (Wildman–Crippen LogP) is 4.70. The fourth-order valence-corrected chi connectivity index (χ4v) is 2.04. The molecule has 1 aromatic carbocycles. The van der Waals surface area contributed by atoms with Crippen LogP contribution in [0.25, 0.3) is 0 Å². The average molecular weight is 375 g/mol. The minimum atomic E-state index is -4.76. The van der Waals surface area contributed by atoms with E-state index in [0.717, 1.165) is 12.5 Å². The van der Waals surface area contributed by atoms with Crippen LogP contribution in [0.1, 0.15) is 19.3 Å². The van der Waals surface area contributed by atoms with Crippen LogP contribution in [0.5, 0.6) is 5.75 Å². The number of rotatable bonds is 6. The van der Waals surface area contributed by atoms with Crippen molar-refractivity contribution in [2.75, 3.05) is 11.2 Å². The highest BCUT2D eigenvalue weighted by Crippen LogP contribution is 2.32. The summed E-state index contributed by atoms with van der Waals surface area (Å²) in [6.45, 7) is 0. The van der Waals surface area contributed by atoms with Gasteiger partial charge in [-0.2, -0.15) is 0 Å². The van der Waals surface area contributed by atoms with Crippen molar-refractivity contribution in [3.63, 3.8) is 0 Å². The molecule has 1 amide bonds. The number of halogens is 5. The van der Waals surface area contributed by atoms with Crippen molar-refractivity contribution in [2.24, 2.45) is 0 Å². The van der Waals surface area contributed by atoms with Crippen molar-refractivity contribution in [1.82, 2.24) is 0 Å². The van der Waals surface area contributed by atoms with E-state index < -0.39 is 6.36 Å². The van der Waals surface area contributed by atoms with Crippen LogP contribution in [0, 0.1) is 0 Å². The van der Waals surface area contributed by atoms with Gasteiger partial charge in [-0.3, -0.25) is 4.79 Å². The topological polar surface area (TPSA) is 38.3 Å². The van der Waals surface area contributed by atoms with E-state index in [0.29, 0.717) is 24.4 Å². The van der Waals surface area contributed by atoms with Crippen LogP contribution in [-0.4, -0.2) is 18.1 Å². The largest absolute Gasteiger partial charge is 0.573 e. The Morgan fingerprint density at radius 1 is 1.35 bits per heavy atom. The smallest absolute Gasteiger partial charge is 0.405 e. The van der Waals surface area contributed by atoms with Gasteiger partial charge in [-0.15, -0.1) is 24.8 Å². The molecule has 0 saturated heterocycles. The minimum absolute atomic E-state index is 0.105. The number of carbonyl (C=O) groups excluding carboxylic acids is 1. The van der Waals surface area contributed by atoms with Crippen LogP contribution in [-0.2, 0) is 4.79 Å². The van der Waals surface area contributed by atoms with Gasteiger partial charge in [0.1, 0.15) is 5.75 Å². The Balaban J connectivity index is 2.61. The van der Waals surface area contributed by atoms with E-state index in [1.54, 1.807) is 0 Å². The quantitative estimate of drug-likeness (QED) is 0.579. The third-order valence-corrected chi connectivity index (χ3v) is 3.12. The fourth-order valence-electron chi connectivity index (χ4n) is 1.39. The molecule has 8 heteroatoms. The second-order valence-electron chi connectivity index (χ2n) is 3.89. The van der Waals surface area contributed by atoms with Crippen molar-refractivity contribution in [2.45, 2.75) is 25.6 Å². The number of ether oxygens (including phenoxy) is 1. The molecule has 0 heterocycles. The lowest BCUT2D eigenvalue weighted by Gasteiger charge is -2.12. The third-order valence-electron chi connectivity index (χ3n) is 2.23. The summed E-state index contributed by atoms with van der Waals surface area (Å²) in [5.74, 6) is -0.0911. The Kier molecular flexibility index (Phi) is 6.61. The lowest BCUT2D eigenvalue weighted by atomic mass is 10.2. The highest BCUT2D eigenvalue weighted by Gasteiger charge is 2.31. The molecular weight excluding hydrogens is 362 g/mol. The molecule has 0 aromatic heterocycles. The van der Waals surface area contributed by atoms with Gasteiger partial charge in [0.15, 0.2) is 0 Å². The SMILES string of the molecule is O=C(CCCCCl)Nc1ccc(OC(F)(F)F)c(Br)c1. The van der Waals surface area contributed by atoms with Crippen LogP contribution in [0.2, 0.25) is 0 Å². The Hall–Kier alpha value is -0.950. The first kappa shape index (κ1) is 17.1. The summed E-state index contributed by atoms with van der Waals surface area (Å²) in [6.07, 6.45) is -3.05. The van der Waals surface area contributed by atoms with Crippen LogP contribution in [0.4, 0.5) is 18.9 Å². The average Bonchev–Trinajstić information content (AvgIpc) is 2.31.